The van der Waals surface area contributed by atoms with Gasteiger partial charge in [-0.1, -0.05) is 88.2 Å². The fourth-order valence-electron chi connectivity index (χ4n) is 4.84. The smallest absolute Gasteiger partial charge is 0.264 e. The molecule has 8 nitrogen and oxygen atoms in total. The number of hydrogen-bond acceptors (Lipinski definition) is 5. The summed E-state index contributed by atoms with van der Waals surface area (Å²) in [4.78, 5) is 29.3. The van der Waals surface area contributed by atoms with Crippen LogP contribution in [0.4, 0.5) is 5.69 Å². The number of aryl methyl sites for hydroxylation is 1. The topological polar surface area (TPSA) is 96.0 Å². The average Bonchev–Trinajstić information content (AvgIpc) is 3.02. The van der Waals surface area contributed by atoms with E-state index < -0.39 is 28.5 Å². The van der Waals surface area contributed by atoms with Gasteiger partial charge >= 0.3 is 0 Å². The van der Waals surface area contributed by atoms with Crippen molar-refractivity contribution in [1.29, 1.82) is 0 Å². The number of ether oxygens (including phenoxy) is 1. The Morgan fingerprint density at radius 1 is 0.886 bits per heavy atom. The van der Waals surface area contributed by atoms with Crippen molar-refractivity contribution < 1.29 is 22.7 Å². The number of rotatable bonds is 13. The van der Waals surface area contributed by atoms with Gasteiger partial charge in [-0.05, 0) is 61.4 Å². The molecule has 0 aromatic heterocycles. The van der Waals surface area contributed by atoms with Gasteiger partial charge in [0.25, 0.3) is 10.0 Å². The maximum absolute atomic E-state index is 14.5. The predicted octanol–water partition coefficient (Wildman–Crippen LogP) is 5.74. The number of anilines is 1. The van der Waals surface area contributed by atoms with Crippen molar-refractivity contribution in [2.75, 3.05) is 24.5 Å². The number of para-hydroxylation sites is 2. The lowest BCUT2D eigenvalue weighted by Crippen LogP contribution is -2.53. The molecule has 10 heteroatoms. The van der Waals surface area contributed by atoms with Crippen LogP contribution >= 0.6 is 15.9 Å². The monoisotopic (exact) mass is 677 g/mol. The highest BCUT2D eigenvalue weighted by Gasteiger charge is 2.35. The van der Waals surface area contributed by atoms with Gasteiger partial charge < -0.3 is 15.0 Å². The Morgan fingerprint density at radius 2 is 1.55 bits per heavy atom. The van der Waals surface area contributed by atoms with Crippen LogP contribution < -0.4 is 14.4 Å². The molecule has 0 saturated carbocycles. The molecule has 1 N–H and O–H groups in total. The molecule has 0 spiro atoms. The second-order valence-corrected chi connectivity index (χ2v) is 13.0. The van der Waals surface area contributed by atoms with Gasteiger partial charge in [-0.25, -0.2) is 8.42 Å². The third-order valence-electron chi connectivity index (χ3n) is 7.08. The molecule has 0 unspecified atom stereocenters. The Morgan fingerprint density at radius 3 is 2.20 bits per heavy atom. The van der Waals surface area contributed by atoms with E-state index in [4.69, 9.17) is 4.74 Å². The first-order chi connectivity index (χ1) is 21.1. The molecule has 2 amide bonds. The summed E-state index contributed by atoms with van der Waals surface area (Å²) in [6, 6.07) is 29.1. The minimum atomic E-state index is -4.23. The van der Waals surface area contributed by atoms with Crippen LogP contribution in [-0.4, -0.2) is 51.4 Å². The number of halogens is 1. The summed E-state index contributed by atoms with van der Waals surface area (Å²) in [5.41, 5.74) is 2.76. The van der Waals surface area contributed by atoms with Crippen molar-refractivity contribution in [3.63, 3.8) is 0 Å². The zero-order valence-corrected chi connectivity index (χ0v) is 27.3. The molecule has 0 radical (unpaired) electrons. The van der Waals surface area contributed by atoms with Crippen molar-refractivity contribution in [3.05, 3.63) is 124 Å². The molecule has 0 fully saturated rings. The Labute approximate surface area is 267 Å². The number of benzene rings is 4. The van der Waals surface area contributed by atoms with Gasteiger partial charge in [-0.3, -0.25) is 13.9 Å². The number of nitrogens with one attached hydrogen (secondary N) is 1. The fraction of sp³-hybridized carbons (Fsp3) is 0.235. The summed E-state index contributed by atoms with van der Waals surface area (Å²) >= 11 is 3.49. The van der Waals surface area contributed by atoms with E-state index in [9.17, 15) is 18.0 Å². The lowest BCUT2D eigenvalue weighted by molar-refractivity contribution is -0.139. The van der Waals surface area contributed by atoms with E-state index in [2.05, 4.69) is 21.2 Å². The highest BCUT2D eigenvalue weighted by Crippen LogP contribution is 2.33. The maximum Gasteiger partial charge on any atom is 0.264 e. The van der Waals surface area contributed by atoms with Gasteiger partial charge in [0.1, 0.15) is 18.3 Å². The summed E-state index contributed by atoms with van der Waals surface area (Å²) in [7, 11) is -2.71. The summed E-state index contributed by atoms with van der Waals surface area (Å²) in [6.45, 7) is 3.49. The number of likely N-dealkylation sites (N-methyl/N-ethyl adjacent to an activating group) is 1. The Bertz CT molecular complexity index is 1680. The van der Waals surface area contributed by atoms with E-state index in [0.717, 1.165) is 25.5 Å². The third kappa shape index (κ3) is 8.06. The number of sulfonamides is 1. The van der Waals surface area contributed by atoms with Gasteiger partial charge in [0.2, 0.25) is 11.8 Å². The summed E-state index contributed by atoms with van der Waals surface area (Å²) in [5, 5.41) is 2.70. The van der Waals surface area contributed by atoms with Crippen molar-refractivity contribution in [2.45, 2.75) is 37.8 Å². The first-order valence-electron chi connectivity index (χ1n) is 14.2. The molecule has 0 aliphatic heterocycles. The maximum atomic E-state index is 14.5. The van der Waals surface area contributed by atoms with Crippen LogP contribution in [0.1, 0.15) is 23.6 Å². The van der Waals surface area contributed by atoms with Crippen molar-refractivity contribution >= 4 is 43.5 Å². The third-order valence-corrected chi connectivity index (χ3v) is 9.35. The summed E-state index contributed by atoms with van der Waals surface area (Å²) in [6.07, 6.45) is 0.237. The molecule has 0 aliphatic rings. The van der Waals surface area contributed by atoms with Crippen molar-refractivity contribution in [1.82, 2.24) is 10.2 Å². The molecule has 1 atom stereocenters. The van der Waals surface area contributed by atoms with Crippen LogP contribution in [0, 0.1) is 6.92 Å². The summed E-state index contributed by atoms with van der Waals surface area (Å²) < 4.78 is 36.1. The van der Waals surface area contributed by atoms with Crippen LogP contribution in [0.2, 0.25) is 0 Å². The van der Waals surface area contributed by atoms with E-state index >= 15 is 0 Å². The zero-order valence-electron chi connectivity index (χ0n) is 24.9. The number of amides is 2. The molecule has 4 rings (SSSR count). The van der Waals surface area contributed by atoms with Crippen molar-refractivity contribution in [3.8, 4) is 5.75 Å². The number of hydrogen-bond donors (Lipinski definition) is 1. The predicted molar refractivity (Wildman–Crippen MR) is 176 cm³/mol. The van der Waals surface area contributed by atoms with Crippen molar-refractivity contribution in [2.24, 2.45) is 0 Å². The molecule has 44 heavy (non-hydrogen) atoms. The van der Waals surface area contributed by atoms with Gasteiger partial charge in [-0.2, -0.15) is 0 Å². The van der Waals surface area contributed by atoms with Gasteiger partial charge in [0.15, 0.2) is 0 Å². The molecule has 4 aromatic rings. The van der Waals surface area contributed by atoms with Gasteiger partial charge in [0.05, 0.1) is 17.2 Å². The zero-order chi connectivity index (χ0) is 31.7. The van der Waals surface area contributed by atoms with E-state index in [0.29, 0.717) is 12.4 Å². The molecular formula is C34H36BrN3O5S. The Hall–Kier alpha value is -4.15. The first kappa shape index (κ1) is 32.8. The SMILES string of the molecule is CCOc1ccccc1N(CC(=O)N(Cc1cccc(Br)c1)[C@@H](Cc1ccccc1)C(=O)NC)S(=O)(=O)c1ccc(C)cc1. The van der Waals surface area contributed by atoms with Crippen LogP contribution in [0.3, 0.4) is 0 Å². The summed E-state index contributed by atoms with van der Waals surface area (Å²) in [5.74, 6) is -0.583. The normalized spacial score (nSPS) is 11.8. The minimum absolute atomic E-state index is 0.0351. The molecule has 0 heterocycles. The lowest BCUT2D eigenvalue weighted by Gasteiger charge is -2.34. The quantitative estimate of drug-likeness (QED) is 0.195. The Kier molecular flexibility index (Phi) is 11.2. The standard InChI is InChI=1S/C34H36BrN3O5S/c1-4-43-32-16-9-8-15-30(32)38(44(41,42)29-19-17-25(2)18-20-29)24-33(39)37(23-27-13-10-14-28(35)21-27)31(34(40)36-3)22-26-11-6-5-7-12-26/h5-21,31H,4,22-24H2,1-3H3,(H,36,40)/t31-/m0/s1. The average molecular weight is 679 g/mol. The van der Waals surface area contributed by atoms with Crippen LogP contribution in [0.25, 0.3) is 0 Å². The number of nitrogens with zero attached hydrogens (tertiary/aromatic N) is 2. The van der Waals surface area contributed by atoms with Crippen LogP contribution in [0.15, 0.2) is 112 Å². The van der Waals surface area contributed by atoms with E-state index in [1.165, 1.54) is 24.1 Å². The molecule has 0 bridgehead atoms. The molecule has 4 aromatic carbocycles. The first-order valence-corrected chi connectivity index (χ1v) is 16.5. The van der Waals surface area contributed by atoms with Crippen LogP contribution in [0.5, 0.6) is 5.75 Å². The lowest BCUT2D eigenvalue weighted by atomic mass is 10.0. The van der Waals surface area contributed by atoms with Gasteiger partial charge in [0, 0.05) is 24.5 Å². The molecular weight excluding hydrogens is 642 g/mol. The van der Waals surface area contributed by atoms with E-state index in [1.54, 1.807) is 43.3 Å². The molecule has 0 saturated heterocycles. The Balaban J connectivity index is 1.82. The highest BCUT2D eigenvalue weighted by atomic mass is 79.9. The number of carbonyl (C=O) groups is 2. The fourth-order valence-corrected chi connectivity index (χ4v) is 6.72. The largest absolute Gasteiger partial charge is 0.492 e. The highest BCUT2D eigenvalue weighted by molar-refractivity contribution is 9.10. The minimum Gasteiger partial charge on any atom is -0.492 e. The number of carbonyl (C=O) groups excluding carboxylic acids is 2. The van der Waals surface area contributed by atoms with E-state index in [1.807, 2.05) is 61.5 Å². The van der Waals surface area contributed by atoms with Crippen LogP contribution in [-0.2, 0) is 32.6 Å². The van der Waals surface area contributed by atoms with E-state index in [-0.39, 0.29) is 29.5 Å². The molecule has 230 valence electrons. The molecule has 0 aliphatic carbocycles. The second kappa shape index (κ2) is 15.0. The van der Waals surface area contributed by atoms with Gasteiger partial charge in [-0.15, -0.1) is 0 Å². The second-order valence-electron chi connectivity index (χ2n) is 10.2.